The topological polar surface area (TPSA) is 73.1 Å². The third kappa shape index (κ3) is 2.43. The van der Waals surface area contributed by atoms with Crippen molar-refractivity contribution in [2.75, 3.05) is 7.11 Å². The van der Waals surface area contributed by atoms with E-state index >= 15 is 0 Å². The van der Waals surface area contributed by atoms with Crippen LogP contribution in [0.25, 0.3) is 5.69 Å². The molecule has 116 valence electrons. The van der Waals surface area contributed by atoms with Gasteiger partial charge in [-0.2, -0.15) is 4.68 Å². The van der Waals surface area contributed by atoms with Gasteiger partial charge in [-0.05, 0) is 55.3 Å². The molecular formula is C15H19N5O2. The summed E-state index contributed by atoms with van der Waals surface area (Å²) in [5.74, 6) is 0.654. The number of ether oxygens (including phenoxy) is 1. The van der Waals surface area contributed by atoms with E-state index in [0.717, 1.165) is 12.8 Å². The highest BCUT2D eigenvalue weighted by atomic mass is 16.5. The zero-order valence-corrected chi connectivity index (χ0v) is 12.9. The first-order valence-corrected chi connectivity index (χ1v) is 7.36. The molecule has 1 aromatic carbocycles. The van der Waals surface area contributed by atoms with E-state index in [1.807, 2.05) is 4.90 Å². The van der Waals surface area contributed by atoms with Crippen LogP contribution in [-0.4, -0.2) is 50.2 Å². The van der Waals surface area contributed by atoms with Crippen molar-refractivity contribution in [1.29, 1.82) is 0 Å². The fraction of sp³-hybridized carbons (Fsp3) is 0.467. The number of carbonyl (C=O) groups excluding carboxylic acids is 1. The molecule has 0 aliphatic carbocycles. The van der Waals surface area contributed by atoms with Crippen molar-refractivity contribution in [3.63, 3.8) is 0 Å². The van der Waals surface area contributed by atoms with Crippen molar-refractivity contribution >= 4 is 5.91 Å². The van der Waals surface area contributed by atoms with Crippen LogP contribution in [0.3, 0.4) is 0 Å². The maximum atomic E-state index is 12.8. The van der Waals surface area contributed by atoms with Gasteiger partial charge < -0.3 is 9.64 Å². The summed E-state index contributed by atoms with van der Waals surface area (Å²) in [5, 5.41) is 11.1. The summed E-state index contributed by atoms with van der Waals surface area (Å²) in [6.07, 6.45) is 3.57. The Morgan fingerprint density at radius 3 is 2.59 bits per heavy atom. The fourth-order valence-electron chi connectivity index (χ4n) is 3.02. The van der Waals surface area contributed by atoms with Crippen LogP contribution >= 0.6 is 0 Å². The predicted octanol–water partition coefficient (Wildman–Crippen LogP) is 1.68. The van der Waals surface area contributed by atoms with Gasteiger partial charge >= 0.3 is 0 Å². The number of methoxy groups -OCH3 is 1. The van der Waals surface area contributed by atoms with E-state index in [2.05, 4.69) is 29.4 Å². The Labute approximate surface area is 128 Å². The molecule has 0 saturated carbocycles. The van der Waals surface area contributed by atoms with Crippen LogP contribution in [0, 0.1) is 0 Å². The van der Waals surface area contributed by atoms with E-state index in [-0.39, 0.29) is 18.0 Å². The molecule has 0 radical (unpaired) electrons. The van der Waals surface area contributed by atoms with Gasteiger partial charge in [0.1, 0.15) is 17.8 Å². The summed E-state index contributed by atoms with van der Waals surface area (Å²) in [5.41, 5.74) is 1.27. The number of likely N-dealkylation sites (tertiary alicyclic amines) is 1. The standard InChI is InChI=1S/C15H19N5O2/c1-10-4-5-11(2)20(10)15(21)12-6-7-14(22-3)13(8-12)19-9-16-17-18-19/h6-11H,4-5H2,1-3H3/t10-,11-/m1/s1. The van der Waals surface area contributed by atoms with Gasteiger partial charge in [-0.25, -0.2) is 0 Å². The van der Waals surface area contributed by atoms with Gasteiger partial charge in [0.15, 0.2) is 0 Å². The highest BCUT2D eigenvalue weighted by molar-refractivity contribution is 5.95. The molecule has 1 fully saturated rings. The van der Waals surface area contributed by atoms with Crippen LogP contribution in [0.15, 0.2) is 24.5 Å². The van der Waals surface area contributed by atoms with Gasteiger partial charge in [-0.15, -0.1) is 5.10 Å². The van der Waals surface area contributed by atoms with Crippen molar-refractivity contribution in [3.8, 4) is 11.4 Å². The van der Waals surface area contributed by atoms with Gasteiger partial charge in [0.2, 0.25) is 0 Å². The molecule has 0 spiro atoms. The summed E-state index contributed by atoms with van der Waals surface area (Å²) in [6.45, 7) is 4.18. The summed E-state index contributed by atoms with van der Waals surface area (Å²) < 4.78 is 6.82. The number of aromatic nitrogens is 4. The second-order valence-electron chi connectivity index (χ2n) is 5.63. The number of tetrazole rings is 1. The molecular weight excluding hydrogens is 282 g/mol. The number of rotatable bonds is 3. The second kappa shape index (κ2) is 5.75. The average molecular weight is 301 g/mol. The fourth-order valence-corrected chi connectivity index (χ4v) is 3.02. The molecule has 1 aromatic heterocycles. The van der Waals surface area contributed by atoms with Crippen LogP contribution in [0.2, 0.25) is 0 Å². The Hall–Kier alpha value is -2.44. The first-order valence-electron chi connectivity index (χ1n) is 7.36. The number of amides is 1. The molecule has 1 saturated heterocycles. The molecule has 1 aliphatic heterocycles. The maximum Gasteiger partial charge on any atom is 0.254 e. The number of hydrogen-bond donors (Lipinski definition) is 0. The molecule has 7 heteroatoms. The zero-order valence-electron chi connectivity index (χ0n) is 12.9. The minimum Gasteiger partial charge on any atom is -0.494 e. The molecule has 2 heterocycles. The number of nitrogens with zero attached hydrogens (tertiary/aromatic N) is 5. The Kier molecular flexibility index (Phi) is 3.79. The van der Waals surface area contributed by atoms with Crippen molar-refractivity contribution < 1.29 is 9.53 Å². The highest BCUT2D eigenvalue weighted by Crippen LogP contribution is 2.28. The smallest absolute Gasteiger partial charge is 0.254 e. The average Bonchev–Trinajstić information content (AvgIpc) is 3.16. The molecule has 3 rings (SSSR count). The largest absolute Gasteiger partial charge is 0.494 e. The Balaban J connectivity index is 1.98. The minimum absolute atomic E-state index is 0.0366. The third-order valence-electron chi connectivity index (χ3n) is 4.21. The molecule has 0 bridgehead atoms. The van der Waals surface area contributed by atoms with Gasteiger partial charge in [0.05, 0.1) is 7.11 Å². The summed E-state index contributed by atoms with van der Waals surface area (Å²) in [6, 6.07) is 5.86. The molecule has 22 heavy (non-hydrogen) atoms. The highest BCUT2D eigenvalue weighted by Gasteiger charge is 2.32. The lowest BCUT2D eigenvalue weighted by Gasteiger charge is -2.26. The van der Waals surface area contributed by atoms with Crippen LogP contribution in [0.4, 0.5) is 0 Å². The molecule has 1 aliphatic rings. The normalized spacial score (nSPS) is 21.1. The SMILES string of the molecule is COc1ccc(C(=O)N2[C@H](C)CC[C@H]2C)cc1-n1cnnn1. The molecule has 1 amide bonds. The first-order chi connectivity index (χ1) is 10.6. The molecule has 0 N–H and O–H groups in total. The van der Waals surface area contributed by atoms with Gasteiger partial charge in [0, 0.05) is 17.6 Å². The quantitative estimate of drug-likeness (QED) is 0.862. The Morgan fingerprint density at radius 1 is 1.27 bits per heavy atom. The Morgan fingerprint density at radius 2 is 2.00 bits per heavy atom. The lowest BCUT2D eigenvalue weighted by molar-refractivity contribution is 0.0693. The Bertz CT molecular complexity index is 661. The minimum atomic E-state index is 0.0366. The molecule has 2 aromatic rings. The molecule has 7 nitrogen and oxygen atoms in total. The van der Waals surface area contributed by atoms with Crippen molar-refractivity contribution in [3.05, 3.63) is 30.1 Å². The van der Waals surface area contributed by atoms with Crippen molar-refractivity contribution in [1.82, 2.24) is 25.1 Å². The van der Waals surface area contributed by atoms with Gasteiger partial charge in [-0.1, -0.05) is 0 Å². The molecule has 0 unspecified atom stereocenters. The second-order valence-corrected chi connectivity index (χ2v) is 5.63. The van der Waals surface area contributed by atoms with Crippen LogP contribution in [0.1, 0.15) is 37.0 Å². The van der Waals surface area contributed by atoms with E-state index in [1.54, 1.807) is 25.3 Å². The molecule has 2 atom stereocenters. The van der Waals surface area contributed by atoms with E-state index in [4.69, 9.17) is 4.74 Å². The number of carbonyl (C=O) groups is 1. The van der Waals surface area contributed by atoms with E-state index in [1.165, 1.54) is 11.0 Å². The summed E-state index contributed by atoms with van der Waals surface area (Å²) >= 11 is 0. The van der Waals surface area contributed by atoms with E-state index in [9.17, 15) is 4.79 Å². The lowest BCUT2D eigenvalue weighted by Crippen LogP contribution is -2.38. The number of benzene rings is 1. The maximum absolute atomic E-state index is 12.8. The van der Waals surface area contributed by atoms with Crippen LogP contribution in [-0.2, 0) is 0 Å². The third-order valence-corrected chi connectivity index (χ3v) is 4.21. The van der Waals surface area contributed by atoms with Gasteiger partial charge in [0.25, 0.3) is 5.91 Å². The van der Waals surface area contributed by atoms with Crippen molar-refractivity contribution in [2.24, 2.45) is 0 Å². The van der Waals surface area contributed by atoms with Crippen LogP contribution in [0.5, 0.6) is 5.75 Å². The number of hydrogen-bond acceptors (Lipinski definition) is 5. The van der Waals surface area contributed by atoms with E-state index < -0.39 is 0 Å². The first kappa shape index (κ1) is 14.5. The lowest BCUT2D eigenvalue weighted by atomic mass is 10.1. The zero-order chi connectivity index (χ0) is 15.7. The van der Waals surface area contributed by atoms with Gasteiger partial charge in [-0.3, -0.25) is 4.79 Å². The monoisotopic (exact) mass is 301 g/mol. The van der Waals surface area contributed by atoms with E-state index in [0.29, 0.717) is 17.0 Å². The van der Waals surface area contributed by atoms with Crippen LogP contribution < -0.4 is 4.74 Å². The summed E-state index contributed by atoms with van der Waals surface area (Å²) in [7, 11) is 1.58. The van der Waals surface area contributed by atoms with Crippen molar-refractivity contribution in [2.45, 2.75) is 38.8 Å². The summed E-state index contributed by atoms with van der Waals surface area (Å²) in [4.78, 5) is 14.8. The predicted molar refractivity (Wildman–Crippen MR) is 80.0 cm³/mol.